The van der Waals surface area contributed by atoms with Gasteiger partial charge in [0.05, 0.1) is 25.3 Å². The largest absolute Gasteiger partial charge is 0.497 e. The van der Waals surface area contributed by atoms with E-state index < -0.39 is 6.10 Å². The first-order valence-electron chi connectivity index (χ1n) is 7.99. The first-order valence-corrected chi connectivity index (χ1v) is 8.75. The van der Waals surface area contributed by atoms with E-state index >= 15 is 0 Å². The Bertz CT molecular complexity index is 782. The van der Waals surface area contributed by atoms with Crippen LogP contribution in [0.15, 0.2) is 36.4 Å². The summed E-state index contributed by atoms with van der Waals surface area (Å²) in [5.41, 5.74) is 0.832. The Morgan fingerprint density at radius 1 is 1.00 bits per heavy atom. The molecule has 0 aliphatic carbocycles. The number of hydrogen-bond acceptors (Lipinski definition) is 4. The van der Waals surface area contributed by atoms with Crippen molar-refractivity contribution in [1.29, 1.82) is 0 Å². The van der Waals surface area contributed by atoms with E-state index in [1.165, 1.54) is 0 Å². The Morgan fingerprint density at radius 2 is 1.73 bits per heavy atom. The molecule has 140 valence electrons. The molecule has 7 heteroatoms. The highest BCUT2D eigenvalue weighted by molar-refractivity contribution is 6.35. The predicted molar refractivity (Wildman–Crippen MR) is 103 cm³/mol. The monoisotopic (exact) mass is 397 g/mol. The average molecular weight is 398 g/mol. The van der Waals surface area contributed by atoms with Crippen molar-refractivity contribution in [2.24, 2.45) is 0 Å². The molecule has 0 saturated carbocycles. The molecule has 5 nitrogen and oxygen atoms in total. The summed E-state index contributed by atoms with van der Waals surface area (Å²) in [6.45, 7) is 3.52. The summed E-state index contributed by atoms with van der Waals surface area (Å²) in [6.07, 6.45) is -0.736. The summed E-state index contributed by atoms with van der Waals surface area (Å²) < 4.78 is 16.2. The summed E-state index contributed by atoms with van der Waals surface area (Å²) >= 11 is 11.9. The van der Waals surface area contributed by atoms with Gasteiger partial charge >= 0.3 is 0 Å². The lowest BCUT2D eigenvalue weighted by atomic mass is 10.1. The van der Waals surface area contributed by atoms with Crippen LogP contribution in [0.4, 0.5) is 0 Å². The van der Waals surface area contributed by atoms with Crippen molar-refractivity contribution < 1.29 is 19.0 Å². The van der Waals surface area contributed by atoms with Crippen molar-refractivity contribution in [3.8, 4) is 17.2 Å². The van der Waals surface area contributed by atoms with Crippen LogP contribution in [-0.2, 0) is 4.79 Å². The summed E-state index contributed by atoms with van der Waals surface area (Å²) in [7, 11) is 3.15. The molecule has 2 aromatic rings. The lowest BCUT2D eigenvalue weighted by molar-refractivity contribution is -0.127. The Hall–Kier alpha value is -2.11. The summed E-state index contributed by atoms with van der Waals surface area (Å²) in [5.74, 6) is 1.43. The maximum atomic E-state index is 12.5. The summed E-state index contributed by atoms with van der Waals surface area (Å²) in [4.78, 5) is 12.5. The number of benzene rings is 2. The van der Waals surface area contributed by atoms with Crippen molar-refractivity contribution >= 4 is 29.1 Å². The SMILES string of the molecule is COc1ccc(C(C)NC(=O)C(C)Oc2ccc(Cl)cc2Cl)c(OC)c1. The van der Waals surface area contributed by atoms with Crippen molar-refractivity contribution in [2.75, 3.05) is 14.2 Å². The third kappa shape index (κ3) is 4.96. The molecule has 1 amide bonds. The minimum atomic E-state index is -0.736. The molecule has 0 aliphatic heterocycles. The number of amides is 1. The van der Waals surface area contributed by atoms with Gasteiger partial charge in [0.25, 0.3) is 5.91 Å². The standard InChI is InChI=1S/C19H21Cl2NO4/c1-11(15-7-6-14(24-3)10-18(15)25-4)22-19(23)12(2)26-17-8-5-13(20)9-16(17)21/h5-12H,1-4H3,(H,22,23). The van der Waals surface area contributed by atoms with E-state index in [4.69, 9.17) is 37.4 Å². The Balaban J connectivity index is 2.06. The van der Waals surface area contributed by atoms with Crippen LogP contribution in [0.5, 0.6) is 17.2 Å². The molecular formula is C19H21Cl2NO4. The smallest absolute Gasteiger partial charge is 0.261 e. The topological polar surface area (TPSA) is 56.8 Å². The third-order valence-corrected chi connectivity index (χ3v) is 4.36. The maximum Gasteiger partial charge on any atom is 0.261 e. The fraction of sp³-hybridized carbons (Fsp3) is 0.316. The molecule has 2 atom stereocenters. The summed E-state index contributed by atoms with van der Waals surface area (Å²) in [6, 6.07) is 10.00. The van der Waals surface area contributed by atoms with Crippen LogP contribution in [0.25, 0.3) is 0 Å². The highest BCUT2D eigenvalue weighted by Crippen LogP contribution is 2.30. The van der Waals surface area contributed by atoms with E-state index in [0.29, 0.717) is 27.3 Å². The number of carbonyl (C=O) groups excluding carboxylic acids is 1. The van der Waals surface area contributed by atoms with Crippen molar-refractivity contribution in [1.82, 2.24) is 5.32 Å². The van der Waals surface area contributed by atoms with Gasteiger partial charge in [-0.1, -0.05) is 23.2 Å². The number of nitrogens with one attached hydrogen (secondary N) is 1. The maximum absolute atomic E-state index is 12.5. The molecule has 0 aliphatic rings. The highest BCUT2D eigenvalue weighted by atomic mass is 35.5. The lowest BCUT2D eigenvalue weighted by Crippen LogP contribution is -2.37. The first kappa shape index (κ1) is 20.2. The average Bonchev–Trinajstić information content (AvgIpc) is 2.63. The fourth-order valence-corrected chi connectivity index (χ4v) is 2.85. The van der Waals surface area contributed by atoms with Gasteiger partial charge in [-0.05, 0) is 44.2 Å². The van der Waals surface area contributed by atoms with E-state index in [1.807, 2.05) is 19.1 Å². The zero-order chi connectivity index (χ0) is 19.3. The van der Waals surface area contributed by atoms with Gasteiger partial charge in [0, 0.05) is 16.7 Å². The number of hydrogen-bond donors (Lipinski definition) is 1. The molecule has 0 spiro atoms. The molecule has 0 fully saturated rings. The van der Waals surface area contributed by atoms with Crippen LogP contribution in [0, 0.1) is 0 Å². The van der Waals surface area contributed by atoms with Gasteiger partial charge in [-0.2, -0.15) is 0 Å². The van der Waals surface area contributed by atoms with Crippen molar-refractivity contribution in [2.45, 2.75) is 26.0 Å². The molecular weight excluding hydrogens is 377 g/mol. The molecule has 0 radical (unpaired) electrons. The van der Waals surface area contributed by atoms with Crippen LogP contribution in [0.2, 0.25) is 10.0 Å². The van der Waals surface area contributed by atoms with E-state index in [1.54, 1.807) is 45.4 Å². The van der Waals surface area contributed by atoms with E-state index in [0.717, 1.165) is 5.56 Å². The number of methoxy groups -OCH3 is 2. The fourth-order valence-electron chi connectivity index (χ4n) is 2.40. The number of halogens is 2. The van der Waals surface area contributed by atoms with Crippen LogP contribution in [-0.4, -0.2) is 26.2 Å². The van der Waals surface area contributed by atoms with E-state index in [2.05, 4.69) is 5.32 Å². The predicted octanol–water partition coefficient (Wildman–Crippen LogP) is 4.66. The molecule has 2 rings (SSSR count). The second-order valence-corrected chi connectivity index (χ2v) is 6.52. The Labute approximate surface area is 163 Å². The van der Waals surface area contributed by atoms with Gasteiger partial charge in [-0.25, -0.2) is 0 Å². The molecule has 0 aromatic heterocycles. The van der Waals surface area contributed by atoms with Gasteiger partial charge in [-0.3, -0.25) is 4.79 Å². The van der Waals surface area contributed by atoms with Gasteiger partial charge in [0.2, 0.25) is 0 Å². The van der Waals surface area contributed by atoms with E-state index in [-0.39, 0.29) is 11.9 Å². The zero-order valence-corrected chi connectivity index (χ0v) is 16.5. The molecule has 1 N–H and O–H groups in total. The van der Waals surface area contributed by atoms with Crippen molar-refractivity contribution in [3.63, 3.8) is 0 Å². The highest BCUT2D eigenvalue weighted by Gasteiger charge is 2.21. The normalized spacial score (nSPS) is 12.8. The quantitative estimate of drug-likeness (QED) is 0.738. The number of carbonyl (C=O) groups is 1. The van der Waals surface area contributed by atoms with Crippen LogP contribution in [0.3, 0.4) is 0 Å². The van der Waals surface area contributed by atoms with Crippen LogP contribution in [0.1, 0.15) is 25.5 Å². The third-order valence-electron chi connectivity index (χ3n) is 3.83. The van der Waals surface area contributed by atoms with Crippen molar-refractivity contribution in [3.05, 3.63) is 52.0 Å². The van der Waals surface area contributed by atoms with Gasteiger partial charge in [0.15, 0.2) is 6.10 Å². The van der Waals surface area contributed by atoms with Gasteiger partial charge in [-0.15, -0.1) is 0 Å². The first-order chi connectivity index (χ1) is 12.3. The Morgan fingerprint density at radius 3 is 2.35 bits per heavy atom. The van der Waals surface area contributed by atoms with Gasteiger partial charge in [0.1, 0.15) is 17.2 Å². The van der Waals surface area contributed by atoms with Crippen LogP contribution >= 0.6 is 23.2 Å². The molecule has 26 heavy (non-hydrogen) atoms. The minimum Gasteiger partial charge on any atom is -0.497 e. The second-order valence-electron chi connectivity index (χ2n) is 5.67. The minimum absolute atomic E-state index is 0.276. The number of rotatable bonds is 7. The van der Waals surface area contributed by atoms with E-state index in [9.17, 15) is 4.79 Å². The molecule has 2 unspecified atom stereocenters. The zero-order valence-electron chi connectivity index (χ0n) is 15.0. The second kappa shape index (κ2) is 9.01. The molecule has 2 aromatic carbocycles. The molecule has 0 saturated heterocycles. The number of ether oxygens (including phenoxy) is 3. The molecule has 0 bridgehead atoms. The lowest BCUT2D eigenvalue weighted by Gasteiger charge is -2.21. The molecule has 0 heterocycles. The van der Waals surface area contributed by atoms with Crippen LogP contribution < -0.4 is 19.5 Å². The Kier molecular flexibility index (Phi) is 7.00. The summed E-state index contributed by atoms with van der Waals surface area (Å²) in [5, 5.41) is 3.75. The van der Waals surface area contributed by atoms with Gasteiger partial charge < -0.3 is 19.5 Å².